The number of hydrogen-bond acceptors (Lipinski definition) is 4. The fourth-order valence-electron chi connectivity index (χ4n) is 3.89. The zero-order chi connectivity index (χ0) is 20.3. The van der Waals surface area contributed by atoms with E-state index in [1.807, 2.05) is 22.6 Å². The molecule has 28 heavy (non-hydrogen) atoms. The predicted molar refractivity (Wildman–Crippen MR) is 103 cm³/mol. The fourth-order valence-corrected chi connectivity index (χ4v) is 3.89. The lowest BCUT2D eigenvalue weighted by Crippen LogP contribution is -2.45. The first-order chi connectivity index (χ1) is 13.4. The predicted octanol–water partition coefficient (Wildman–Crippen LogP) is 0.788. The molecule has 154 valence electrons. The Kier molecular flexibility index (Phi) is 6.21. The molecule has 0 bridgehead atoms. The first-order valence-electron chi connectivity index (χ1n) is 9.99. The van der Waals surface area contributed by atoms with Crippen molar-refractivity contribution in [3.05, 3.63) is 17.5 Å². The van der Waals surface area contributed by atoms with Crippen LogP contribution in [0.1, 0.15) is 44.0 Å². The normalized spacial score (nSPS) is 19.2. The first-order valence-corrected chi connectivity index (χ1v) is 9.99. The molecule has 0 unspecified atom stereocenters. The molecule has 3 heterocycles. The van der Waals surface area contributed by atoms with Crippen LogP contribution in [0.3, 0.4) is 0 Å². The van der Waals surface area contributed by atoms with E-state index in [0.29, 0.717) is 39.0 Å². The van der Waals surface area contributed by atoms with Gasteiger partial charge in [-0.1, -0.05) is 6.92 Å². The van der Waals surface area contributed by atoms with Crippen molar-refractivity contribution in [1.29, 1.82) is 0 Å². The van der Waals surface area contributed by atoms with Crippen LogP contribution >= 0.6 is 0 Å². The van der Waals surface area contributed by atoms with Crippen LogP contribution in [0.2, 0.25) is 0 Å². The third kappa shape index (κ3) is 4.28. The number of nitrogens with one attached hydrogen (secondary N) is 1. The molecule has 0 radical (unpaired) electrons. The zero-order valence-electron chi connectivity index (χ0n) is 17.0. The summed E-state index contributed by atoms with van der Waals surface area (Å²) in [6.07, 6.45) is 2.83. The fraction of sp³-hybridized carbons (Fsp3) is 0.684. The molecule has 1 saturated heterocycles. The van der Waals surface area contributed by atoms with Gasteiger partial charge in [-0.15, -0.1) is 0 Å². The lowest BCUT2D eigenvalue weighted by atomic mass is 10.2. The molecule has 2 aliphatic heterocycles. The van der Waals surface area contributed by atoms with Gasteiger partial charge in [-0.05, 0) is 25.3 Å². The van der Waals surface area contributed by atoms with Crippen LogP contribution in [0.4, 0.5) is 4.79 Å². The smallest absolute Gasteiger partial charge is 0.319 e. The Morgan fingerprint density at radius 1 is 1.21 bits per heavy atom. The number of likely N-dealkylation sites (tertiary alicyclic amines) is 1. The zero-order valence-corrected chi connectivity index (χ0v) is 17.0. The van der Waals surface area contributed by atoms with Crippen molar-refractivity contribution >= 4 is 17.8 Å². The van der Waals surface area contributed by atoms with E-state index < -0.39 is 0 Å². The Morgan fingerprint density at radius 2 is 2.00 bits per heavy atom. The van der Waals surface area contributed by atoms with E-state index in [4.69, 9.17) is 0 Å². The van der Waals surface area contributed by atoms with E-state index >= 15 is 0 Å². The SMILES string of the molecule is CCC(=O)N1CCC[C@H]1C(=O)NCc1cc2n(n1)CCCN(C(=O)N(C)C)C2. The van der Waals surface area contributed by atoms with Crippen LogP contribution in [-0.4, -0.2) is 75.6 Å². The van der Waals surface area contributed by atoms with Gasteiger partial charge in [-0.25, -0.2) is 4.79 Å². The first kappa shape index (κ1) is 20.2. The highest BCUT2D eigenvalue weighted by molar-refractivity contribution is 5.88. The lowest BCUT2D eigenvalue weighted by molar-refractivity contribution is -0.138. The van der Waals surface area contributed by atoms with Gasteiger partial charge < -0.3 is 20.0 Å². The number of carbonyl (C=O) groups excluding carboxylic acids is 3. The van der Waals surface area contributed by atoms with Crippen molar-refractivity contribution in [3.8, 4) is 0 Å². The second-order valence-electron chi connectivity index (χ2n) is 7.62. The van der Waals surface area contributed by atoms with Gasteiger partial charge in [0.25, 0.3) is 0 Å². The number of urea groups is 1. The molecule has 4 amide bonds. The van der Waals surface area contributed by atoms with Crippen molar-refractivity contribution in [3.63, 3.8) is 0 Å². The molecule has 9 heteroatoms. The van der Waals surface area contributed by atoms with Crippen LogP contribution < -0.4 is 5.32 Å². The Morgan fingerprint density at radius 3 is 2.71 bits per heavy atom. The number of rotatable bonds is 4. The summed E-state index contributed by atoms with van der Waals surface area (Å²) in [5.74, 6) is -0.0936. The maximum Gasteiger partial charge on any atom is 0.319 e. The quantitative estimate of drug-likeness (QED) is 0.823. The van der Waals surface area contributed by atoms with Gasteiger partial charge in [0.15, 0.2) is 0 Å². The van der Waals surface area contributed by atoms with Crippen LogP contribution in [-0.2, 0) is 29.2 Å². The summed E-state index contributed by atoms with van der Waals surface area (Å²) in [4.78, 5) is 41.9. The van der Waals surface area contributed by atoms with Crippen LogP contribution in [0.25, 0.3) is 0 Å². The highest BCUT2D eigenvalue weighted by atomic mass is 16.2. The van der Waals surface area contributed by atoms with E-state index in [1.165, 1.54) is 0 Å². The van der Waals surface area contributed by atoms with Crippen molar-refractivity contribution in [2.24, 2.45) is 0 Å². The van der Waals surface area contributed by atoms with Crippen LogP contribution in [0.15, 0.2) is 6.07 Å². The molecule has 0 saturated carbocycles. The minimum absolute atomic E-state index is 0.00795. The summed E-state index contributed by atoms with van der Waals surface area (Å²) in [5, 5.41) is 7.52. The maximum atomic E-state index is 12.6. The number of amides is 4. The van der Waals surface area contributed by atoms with Gasteiger partial charge in [-0.3, -0.25) is 14.3 Å². The number of hydrogen-bond donors (Lipinski definition) is 1. The summed E-state index contributed by atoms with van der Waals surface area (Å²) >= 11 is 0. The molecule has 0 aromatic carbocycles. The molecular weight excluding hydrogens is 360 g/mol. The molecule has 1 fully saturated rings. The van der Waals surface area contributed by atoms with E-state index in [-0.39, 0.29) is 23.9 Å². The molecule has 3 rings (SSSR count). The Bertz CT molecular complexity index is 744. The number of carbonyl (C=O) groups is 3. The largest absolute Gasteiger partial charge is 0.349 e. The second kappa shape index (κ2) is 8.62. The summed E-state index contributed by atoms with van der Waals surface area (Å²) in [6, 6.07) is 1.57. The highest BCUT2D eigenvalue weighted by Gasteiger charge is 2.33. The van der Waals surface area contributed by atoms with E-state index in [2.05, 4.69) is 10.4 Å². The highest BCUT2D eigenvalue weighted by Crippen LogP contribution is 2.19. The van der Waals surface area contributed by atoms with Gasteiger partial charge in [0.1, 0.15) is 6.04 Å². The van der Waals surface area contributed by atoms with Crippen LogP contribution in [0.5, 0.6) is 0 Å². The van der Waals surface area contributed by atoms with Gasteiger partial charge in [0.05, 0.1) is 24.5 Å². The minimum atomic E-state index is -0.374. The van der Waals surface area contributed by atoms with E-state index in [1.54, 1.807) is 23.9 Å². The number of nitrogens with zero attached hydrogens (tertiary/aromatic N) is 5. The molecular formula is C19H30N6O3. The average Bonchev–Trinajstić information content (AvgIpc) is 3.27. The van der Waals surface area contributed by atoms with Crippen molar-refractivity contribution in [2.45, 2.75) is 58.3 Å². The Balaban J connectivity index is 1.61. The lowest BCUT2D eigenvalue weighted by Gasteiger charge is -2.24. The van der Waals surface area contributed by atoms with Gasteiger partial charge in [0, 0.05) is 40.2 Å². The number of aryl methyl sites for hydroxylation is 1. The summed E-state index contributed by atoms with van der Waals surface area (Å²) < 4.78 is 1.92. The summed E-state index contributed by atoms with van der Waals surface area (Å²) in [5.41, 5.74) is 1.74. The molecule has 1 atom stereocenters. The van der Waals surface area contributed by atoms with Crippen molar-refractivity contribution < 1.29 is 14.4 Å². The topological polar surface area (TPSA) is 90.8 Å². The molecule has 1 aromatic rings. The second-order valence-corrected chi connectivity index (χ2v) is 7.62. The molecule has 1 N–H and O–H groups in total. The standard InChI is InChI=1S/C19H30N6O3/c1-4-17(26)24-9-5-7-16(24)18(27)20-12-14-11-15-13-23(19(28)22(2)3)8-6-10-25(15)21-14/h11,16H,4-10,12-13H2,1-3H3,(H,20,27)/t16-/m0/s1. The van der Waals surface area contributed by atoms with Crippen molar-refractivity contribution in [2.75, 3.05) is 27.2 Å². The molecule has 1 aromatic heterocycles. The van der Waals surface area contributed by atoms with Crippen molar-refractivity contribution in [1.82, 2.24) is 29.8 Å². The maximum absolute atomic E-state index is 12.6. The van der Waals surface area contributed by atoms with Gasteiger partial charge in [-0.2, -0.15) is 5.10 Å². The van der Waals surface area contributed by atoms with Gasteiger partial charge >= 0.3 is 6.03 Å². The Hall–Kier alpha value is -2.58. The summed E-state index contributed by atoms with van der Waals surface area (Å²) in [6.45, 7) is 4.76. The van der Waals surface area contributed by atoms with Gasteiger partial charge in [0.2, 0.25) is 11.8 Å². The molecule has 0 aliphatic carbocycles. The molecule has 0 spiro atoms. The monoisotopic (exact) mass is 390 g/mol. The minimum Gasteiger partial charge on any atom is -0.349 e. The van der Waals surface area contributed by atoms with E-state index in [9.17, 15) is 14.4 Å². The molecule has 2 aliphatic rings. The third-order valence-corrected chi connectivity index (χ3v) is 5.34. The number of aromatic nitrogens is 2. The molecule has 9 nitrogen and oxygen atoms in total. The third-order valence-electron chi connectivity index (χ3n) is 5.34. The number of fused-ring (bicyclic) bond motifs is 1. The van der Waals surface area contributed by atoms with E-state index in [0.717, 1.165) is 30.8 Å². The Labute approximate surface area is 165 Å². The summed E-state index contributed by atoms with van der Waals surface area (Å²) in [7, 11) is 3.50. The average molecular weight is 390 g/mol. The van der Waals surface area contributed by atoms with Crippen LogP contribution in [0, 0.1) is 0 Å².